The van der Waals surface area contributed by atoms with E-state index in [4.69, 9.17) is 9.84 Å². The molecule has 3 heterocycles. The van der Waals surface area contributed by atoms with Crippen molar-refractivity contribution in [2.24, 2.45) is 31.8 Å². The van der Waals surface area contributed by atoms with E-state index in [0.29, 0.717) is 0 Å². The smallest absolute Gasteiger partial charge is 0.301 e. The predicted molar refractivity (Wildman–Crippen MR) is 66.7 cm³/mol. The highest BCUT2D eigenvalue weighted by atomic mass is 16.5. The third-order valence-corrected chi connectivity index (χ3v) is 3.42. The SMILES string of the molecule is O=C1N=C(C2COC(CO)C2CO)N=C2N=CN=C12. The summed E-state index contributed by atoms with van der Waals surface area (Å²) in [6.45, 7) is -0.0991. The lowest BCUT2D eigenvalue weighted by Crippen LogP contribution is -2.34. The molecule has 0 aromatic rings. The molecule has 8 nitrogen and oxygen atoms in total. The van der Waals surface area contributed by atoms with Gasteiger partial charge in [-0.3, -0.25) is 4.79 Å². The number of aliphatic hydroxyl groups is 2. The van der Waals surface area contributed by atoms with Gasteiger partial charge in [0, 0.05) is 12.5 Å². The van der Waals surface area contributed by atoms with E-state index < -0.39 is 12.0 Å². The summed E-state index contributed by atoms with van der Waals surface area (Å²) in [5.74, 6) is -0.602. The predicted octanol–water partition coefficient (Wildman–Crippen LogP) is -1.58. The molecule has 3 aliphatic heterocycles. The largest absolute Gasteiger partial charge is 0.396 e. The fraction of sp³-hybridized carbons (Fsp3) is 0.545. The Morgan fingerprint density at radius 1 is 1.32 bits per heavy atom. The van der Waals surface area contributed by atoms with Gasteiger partial charge in [-0.25, -0.2) is 15.0 Å². The van der Waals surface area contributed by atoms with Gasteiger partial charge >= 0.3 is 5.91 Å². The summed E-state index contributed by atoms with van der Waals surface area (Å²) in [5, 5.41) is 18.6. The quantitative estimate of drug-likeness (QED) is 0.640. The lowest BCUT2D eigenvalue weighted by molar-refractivity contribution is -0.111. The maximum absolute atomic E-state index is 11.8. The molecule has 0 bridgehead atoms. The minimum Gasteiger partial charge on any atom is -0.396 e. The number of ether oxygens (including phenoxy) is 1. The van der Waals surface area contributed by atoms with Crippen LogP contribution in [0.15, 0.2) is 20.0 Å². The lowest BCUT2D eigenvalue weighted by Gasteiger charge is -2.19. The third kappa shape index (κ3) is 1.93. The van der Waals surface area contributed by atoms with Crippen molar-refractivity contribution in [2.75, 3.05) is 19.8 Å². The van der Waals surface area contributed by atoms with Gasteiger partial charge in [0.2, 0.25) is 0 Å². The molecular weight excluding hydrogens is 252 g/mol. The first kappa shape index (κ1) is 12.3. The molecule has 0 saturated carbocycles. The molecule has 0 radical (unpaired) electrons. The number of rotatable bonds is 3. The van der Waals surface area contributed by atoms with Crippen LogP contribution in [0.3, 0.4) is 0 Å². The van der Waals surface area contributed by atoms with Gasteiger partial charge in [0.1, 0.15) is 12.2 Å². The Bertz CT molecular complexity index is 537. The Kier molecular flexibility index (Phi) is 3.05. The monoisotopic (exact) mass is 264 g/mol. The van der Waals surface area contributed by atoms with Crippen LogP contribution in [-0.2, 0) is 9.53 Å². The number of hydrogen-bond acceptors (Lipinski definition) is 7. The van der Waals surface area contributed by atoms with Crippen LogP contribution in [0.4, 0.5) is 0 Å². The highest BCUT2D eigenvalue weighted by Gasteiger charge is 2.41. The van der Waals surface area contributed by atoms with Gasteiger partial charge < -0.3 is 14.9 Å². The average Bonchev–Trinajstić information content (AvgIpc) is 3.03. The zero-order valence-corrected chi connectivity index (χ0v) is 9.93. The van der Waals surface area contributed by atoms with E-state index in [1.54, 1.807) is 0 Å². The van der Waals surface area contributed by atoms with Crippen molar-refractivity contribution in [2.45, 2.75) is 6.10 Å². The van der Waals surface area contributed by atoms with Gasteiger partial charge in [-0.2, -0.15) is 4.99 Å². The fourth-order valence-electron chi connectivity index (χ4n) is 2.38. The lowest BCUT2D eigenvalue weighted by atomic mass is 9.90. The van der Waals surface area contributed by atoms with Crippen molar-refractivity contribution in [3.8, 4) is 0 Å². The number of amides is 1. The van der Waals surface area contributed by atoms with Crippen LogP contribution in [0, 0.1) is 11.8 Å². The van der Waals surface area contributed by atoms with E-state index in [2.05, 4.69) is 20.0 Å². The number of fused-ring (bicyclic) bond motifs is 1. The molecule has 0 aromatic heterocycles. The Hall–Kier alpha value is -1.77. The van der Waals surface area contributed by atoms with Crippen molar-refractivity contribution in [1.29, 1.82) is 0 Å². The minimum atomic E-state index is -0.485. The molecule has 0 spiro atoms. The van der Waals surface area contributed by atoms with Crippen LogP contribution in [0.5, 0.6) is 0 Å². The Morgan fingerprint density at radius 3 is 2.89 bits per heavy atom. The molecule has 3 rings (SSSR count). The minimum absolute atomic E-state index is 0.141. The van der Waals surface area contributed by atoms with Crippen LogP contribution in [0.25, 0.3) is 0 Å². The molecule has 0 aromatic carbocycles. The van der Waals surface area contributed by atoms with Crippen molar-refractivity contribution < 1.29 is 19.7 Å². The summed E-state index contributed by atoms with van der Waals surface area (Å²) in [6, 6.07) is 0. The molecular formula is C11H12N4O4. The van der Waals surface area contributed by atoms with Crippen molar-refractivity contribution in [3.05, 3.63) is 0 Å². The van der Waals surface area contributed by atoms with Crippen LogP contribution in [0.1, 0.15) is 0 Å². The Morgan fingerprint density at radius 2 is 2.16 bits per heavy atom. The summed E-state index contributed by atoms with van der Waals surface area (Å²) < 4.78 is 5.38. The van der Waals surface area contributed by atoms with E-state index in [-0.39, 0.29) is 49.0 Å². The standard InChI is InChI=1S/C11H12N4O4/c16-1-5-6(3-19-7(5)2-17)9-14-10-8(11(18)15-9)12-4-13-10/h4-7,16-17H,1-3H2. The third-order valence-electron chi connectivity index (χ3n) is 3.42. The number of carbonyl (C=O) groups is 1. The number of amidine groups is 2. The summed E-state index contributed by atoms with van der Waals surface area (Å²) in [7, 11) is 0. The van der Waals surface area contributed by atoms with Crippen molar-refractivity contribution in [3.63, 3.8) is 0 Å². The molecule has 0 aliphatic carbocycles. The number of carbonyl (C=O) groups excluding carboxylic acids is 1. The normalized spacial score (nSPS) is 33.1. The van der Waals surface area contributed by atoms with E-state index in [9.17, 15) is 9.90 Å². The van der Waals surface area contributed by atoms with E-state index >= 15 is 0 Å². The van der Waals surface area contributed by atoms with Gasteiger partial charge in [-0.15, -0.1) is 0 Å². The average molecular weight is 264 g/mol. The first-order valence-electron chi connectivity index (χ1n) is 5.90. The van der Waals surface area contributed by atoms with E-state index in [1.807, 2.05) is 0 Å². The maximum atomic E-state index is 11.8. The molecule has 3 atom stereocenters. The number of aliphatic imine (C=N–C) groups is 4. The summed E-state index contributed by atoms with van der Waals surface area (Å²) in [6.07, 6.45) is 0.797. The van der Waals surface area contributed by atoms with Gasteiger partial charge in [-0.1, -0.05) is 0 Å². The zero-order valence-electron chi connectivity index (χ0n) is 9.93. The highest BCUT2D eigenvalue weighted by molar-refractivity contribution is 6.71. The second-order valence-electron chi connectivity index (χ2n) is 4.44. The number of nitrogens with zero attached hydrogens (tertiary/aromatic N) is 4. The van der Waals surface area contributed by atoms with Crippen LogP contribution in [-0.4, -0.2) is 65.8 Å². The fourth-order valence-corrected chi connectivity index (χ4v) is 2.38. The van der Waals surface area contributed by atoms with Gasteiger partial charge in [0.15, 0.2) is 11.5 Å². The molecule has 8 heteroatoms. The highest BCUT2D eigenvalue weighted by Crippen LogP contribution is 2.29. The van der Waals surface area contributed by atoms with Crippen molar-refractivity contribution in [1.82, 2.24) is 0 Å². The summed E-state index contributed by atoms with van der Waals surface area (Å²) >= 11 is 0. The second-order valence-corrected chi connectivity index (χ2v) is 4.44. The molecule has 19 heavy (non-hydrogen) atoms. The molecule has 3 unspecified atom stereocenters. The number of hydrogen-bond donors (Lipinski definition) is 2. The second kappa shape index (κ2) is 4.72. The Labute approximate surface area is 108 Å². The summed E-state index contributed by atoms with van der Waals surface area (Å²) in [4.78, 5) is 27.5. The summed E-state index contributed by atoms with van der Waals surface area (Å²) in [5.41, 5.74) is 0.141. The molecule has 1 saturated heterocycles. The molecule has 3 aliphatic rings. The van der Waals surface area contributed by atoms with Crippen LogP contribution < -0.4 is 0 Å². The Balaban J connectivity index is 1.89. The van der Waals surface area contributed by atoms with E-state index in [0.717, 1.165) is 0 Å². The first-order valence-corrected chi connectivity index (χ1v) is 5.90. The van der Waals surface area contributed by atoms with Crippen molar-refractivity contribution >= 4 is 29.6 Å². The number of aliphatic hydroxyl groups excluding tert-OH is 2. The molecule has 1 amide bonds. The topological polar surface area (TPSA) is 116 Å². The van der Waals surface area contributed by atoms with E-state index in [1.165, 1.54) is 6.34 Å². The molecule has 1 fully saturated rings. The first-order chi connectivity index (χ1) is 9.24. The van der Waals surface area contributed by atoms with Gasteiger partial charge in [0.05, 0.1) is 25.2 Å². The zero-order chi connectivity index (χ0) is 13.4. The molecule has 2 N–H and O–H groups in total. The van der Waals surface area contributed by atoms with Gasteiger partial charge in [0.25, 0.3) is 0 Å². The maximum Gasteiger partial charge on any atom is 0.301 e. The van der Waals surface area contributed by atoms with Crippen LogP contribution in [0.2, 0.25) is 0 Å². The molecule has 100 valence electrons. The van der Waals surface area contributed by atoms with Gasteiger partial charge in [-0.05, 0) is 0 Å². The van der Waals surface area contributed by atoms with Crippen LogP contribution >= 0.6 is 0 Å².